The summed E-state index contributed by atoms with van der Waals surface area (Å²) in [5.41, 5.74) is 2.36. The van der Waals surface area contributed by atoms with E-state index in [0.717, 1.165) is 37.2 Å². The lowest BCUT2D eigenvalue weighted by Gasteiger charge is -2.12. The summed E-state index contributed by atoms with van der Waals surface area (Å²) < 4.78 is 5.20. The van der Waals surface area contributed by atoms with Gasteiger partial charge in [-0.3, -0.25) is 0 Å². The van der Waals surface area contributed by atoms with Crippen LogP contribution in [0.15, 0.2) is 18.2 Å². The molecule has 16 heavy (non-hydrogen) atoms. The van der Waals surface area contributed by atoms with Crippen molar-refractivity contribution in [2.24, 2.45) is 0 Å². The summed E-state index contributed by atoms with van der Waals surface area (Å²) in [7, 11) is 1.67. The van der Waals surface area contributed by atoms with E-state index < -0.39 is 0 Å². The minimum atomic E-state index is 0.235. The summed E-state index contributed by atoms with van der Waals surface area (Å²) in [5, 5.41) is 12.2. The molecule has 0 saturated heterocycles. The number of methoxy groups -OCH3 is 1. The molecule has 1 aromatic carbocycles. The lowest BCUT2D eigenvalue weighted by Crippen LogP contribution is -2.04. The third-order valence-electron chi connectivity index (χ3n) is 2.49. The maximum Gasteiger partial charge on any atom is 0.120 e. The molecule has 3 nitrogen and oxygen atoms in total. The molecule has 90 valence electrons. The van der Waals surface area contributed by atoms with Gasteiger partial charge in [0.05, 0.1) is 7.11 Å². The van der Waals surface area contributed by atoms with Crippen molar-refractivity contribution < 1.29 is 9.84 Å². The van der Waals surface area contributed by atoms with Gasteiger partial charge in [0.1, 0.15) is 5.75 Å². The number of aliphatic hydroxyl groups excluding tert-OH is 1. The highest BCUT2D eigenvalue weighted by molar-refractivity contribution is 5.55. The van der Waals surface area contributed by atoms with Gasteiger partial charge in [-0.1, -0.05) is 13.0 Å². The lowest BCUT2D eigenvalue weighted by atomic mass is 10.1. The van der Waals surface area contributed by atoms with Crippen LogP contribution in [0.3, 0.4) is 0 Å². The minimum Gasteiger partial charge on any atom is -0.497 e. The number of benzene rings is 1. The highest BCUT2D eigenvalue weighted by Gasteiger charge is 2.03. The Balaban J connectivity index is 2.78. The Kier molecular flexibility index (Phi) is 5.72. The molecule has 0 saturated carbocycles. The summed E-state index contributed by atoms with van der Waals surface area (Å²) in [6, 6.07) is 6.04. The maximum atomic E-state index is 8.85. The number of aryl methyl sites for hydroxylation is 1. The van der Waals surface area contributed by atoms with Crippen LogP contribution in [0.2, 0.25) is 0 Å². The molecule has 0 atom stereocenters. The molecule has 0 amide bonds. The number of anilines is 1. The van der Waals surface area contributed by atoms with E-state index in [4.69, 9.17) is 9.84 Å². The molecular weight excluding hydrogens is 202 g/mol. The monoisotopic (exact) mass is 223 g/mol. The number of hydrogen-bond acceptors (Lipinski definition) is 3. The van der Waals surface area contributed by atoms with E-state index in [1.807, 2.05) is 12.1 Å². The van der Waals surface area contributed by atoms with E-state index in [2.05, 4.69) is 18.3 Å². The van der Waals surface area contributed by atoms with E-state index in [1.54, 1.807) is 7.11 Å². The van der Waals surface area contributed by atoms with Crippen LogP contribution in [0.5, 0.6) is 5.75 Å². The van der Waals surface area contributed by atoms with Crippen molar-refractivity contribution >= 4 is 5.69 Å². The molecule has 3 heteroatoms. The Morgan fingerprint density at radius 3 is 2.81 bits per heavy atom. The number of rotatable bonds is 7. The molecule has 0 aliphatic rings. The van der Waals surface area contributed by atoms with Crippen LogP contribution in [0, 0.1) is 0 Å². The van der Waals surface area contributed by atoms with Crippen molar-refractivity contribution in [3.63, 3.8) is 0 Å². The van der Waals surface area contributed by atoms with Crippen LogP contribution in [0.1, 0.15) is 25.3 Å². The van der Waals surface area contributed by atoms with E-state index >= 15 is 0 Å². The van der Waals surface area contributed by atoms with Gasteiger partial charge in [-0.05, 0) is 30.9 Å². The second-order valence-electron chi connectivity index (χ2n) is 3.78. The normalized spacial score (nSPS) is 10.2. The molecule has 0 aliphatic heterocycles. The third kappa shape index (κ3) is 3.74. The molecule has 2 N–H and O–H groups in total. The smallest absolute Gasteiger partial charge is 0.120 e. The van der Waals surface area contributed by atoms with Gasteiger partial charge >= 0.3 is 0 Å². The second kappa shape index (κ2) is 7.12. The van der Waals surface area contributed by atoms with Crippen molar-refractivity contribution in [2.45, 2.75) is 26.2 Å². The first kappa shape index (κ1) is 12.8. The molecule has 1 aromatic rings. The minimum absolute atomic E-state index is 0.235. The Labute approximate surface area is 97.4 Å². The fourth-order valence-electron chi connectivity index (χ4n) is 1.59. The first-order valence-electron chi connectivity index (χ1n) is 5.83. The van der Waals surface area contributed by atoms with Crippen LogP contribution in [-0.4, -0.2) is 25.4 Å². The largest absolute Gasteiger partial charge is 0.497 e. The van der Waals surface area contributed by atoms with Gasteiger partial charge in [-0.2, -0.15) is 0 Å². The Morgan fingerprint density at radius 1 is 1.38 bits per heavy atom. The van der Waals surface area contributed by atoms with Gasteiger partial charge in [0.25, 0.3) is 0 Å². The molecule has 0 aromatic heterocycles. The Hall–Kier alpha value is -1.22. The molecular formula is C13H21NO2. The topological polar surface area (TPSA) is 41.5 Å². The number of hydrogen-bond donors (Lipinski definition) is 2. The van der Waals surface area contributed by atoms with Crippen LogP contribution in [0.4, 0.5) is 5.69 Å². The molecule has 0 aliphatic carbocycles. The summed E-state index contributed by atoms with van der Waals surface area (Å²) in [4.78, 5) is 0. The highest BCUT2D eigenvalue weighted by Crippen LogP contribution is 2.23. The third-order valence-corrected chi connectivity index (χ3v) is 2.49. The molecule has 0 spiro atoms. The van der Waals surface area contributed by atoms with Crippen LogP contribution in [-0.2, 0) is 6.42 Å². The lowest BCUT2D eigenvalue weighted by molar-refractivity contribution is 0.288. The summed E-state index contributed by atoms with van der Waals surface area (Å²) in [6.45, 7) is 3.33. The van der Waals surface area contributed by atoms with Gasteiger partial charge in [0, 0.05) is 24.9 Å². The maximum absolute atomic E-state index is 8.85. The quantitative estimate of drug-likeness (QED) is 0.746. The fourth-order valence-corrected chi connectivity index (χ4v) is 1.59. The predicted molar refractivity (Wildman–Crippen MR) is 67.2 cm³/mol. The number of aliphatic hydroxyl groups is 1. The van der Waals surface area contributed by atoms with Crippen molar-refractivity contribution in [2.75, 3.05) is 25.6 Å². The first-order valence-corrected chi connectivity index (χ1v) is 5.83. The fraction of sp³-hybridized carbons (Fsp3) is 0.538. The van der Waals surface area contributed by atoms with Gasteiger partial charge in [-0.15, -0.1) is 0 Å². The van der Waals surface area contributed by atoms with E-state index in [9.17, 15) is 0 Å². The van der Waals surface area contributed by atoms with Gasteiger partial charge in [0.15, 0.2) is 0 Å². The first-order chi connectivity index (χ1) is 7.81. The number of ether oxygens (including phenoxy) is 1. The van der Waals surface area contributed by atoms with E-state index in [-0.39, 0.29) is 6.61 Å². The van der Waals surface area contributed by atoms with Crippen molar-refractivity contribution in [3.8, 4) is 5.75 Å². The Morgan fingerprint density at radius 2 is 2.19 bits per heavy atom. The van der Waals surface area contributed by atoms with Crippen molar-refractivity contribution in [1.82, 2.24) is 0 Å². The summed E-state index contributed by atoms with van der Waals surface area (Å²) >= 11 is 0. The zero-order chi connectivity index (χ0) is 11.8. The molecule has 0 radical (unpaired) electrons. The van der Waals surface area contributed by atoms with Crippen LogP contribution < -0.4 is 10.1 Å². The van der Waals surface area contributed by atoms with Gasteiger partial charge in [-0.25, -0.2) is 0 Å². The van der Waals surface area contributed by atoms with Crippen molar-refractivity contribution in [3.05, 3.63) is 23.8 Å². The van der Waals surface area contributed by atoms with Crippen LogP contribution in [0.25, 0.3) is 0 Å². The molecule has 0 unspecified atom stereocenters. The molecule has 0 bridgehead atoms. The Bertz CT molecular complexity index is 313. The SMILES string of the molecule is CCCNc1cc(OC)ccc1CCCO. The highest BCUT2D eigenvalue weighted by atomic mass is 16.5. The zero-order valence-electron chi connectivity index (χ0n) is 10.1. The van der Waals surface area contributed by atoms with E-state index in [1.165, 1.54) is 5.56 Å². The van der Waals surface area contributed by atoms with Gasteiger partial charge < -0.3 is 15.2 Å². The standard InChI is InChI=1S/C13H21NO2/c1-3-8-14-13-10-12(16-2)7-6-11(13)5-4-9-15/h6-7,10,14-15H,3-5,8-9H2,1-2H3. The average Bonchev–Trinajstić information content (AvgIpc) is 2.34. The zero-order valence-corrected chi connectivity index (χ0v) is 10.1. The number of nitrogens with one attached hydrogen (secondary N) is 1. The van der Waals surface area contributed by atoms with Crippen molar-refractivity contribution in [1.29, 1.82) is 0 Å². The average molecular weight is 223 g/mol. The van der Waals surface area contributed by atoms with E-state index in [0.29, 0.717) is 0 Å². The summed E-state index contributed by atoms with van der Waals surface area (Å²) in [6.07, 6.45) is 2.79. The predicted octanol–water partition coefficient (Wildman–Crippen LogP) is 2.44. The molecule has 0 fully saturated rings. The second-order valence-corrected chi connectivity index (χ2v) is 3.78. The summed E-state index contributed by atoms with van der Waals surface area (Å²) in [5.74, 6) is 0.867. The molecule has 1 rings (SSSR count). The molecule has 0 heterocycles. The van der Waals surface area contributed by atoms with Gasteiger partial charge in [0.2, 0.25) is 0 Å². The van der Waals surface area contributed by atoms with Crippen LogP contribution >= 0.6 is 0 Å².